The molecule has 0 spiro atoms. The molecule has 2 aliphatic carbocycles. The highest BCUT2D eigenvalue weighted by Gasteiger charge is 2.57. The van der Waals surface area contributed by atoms with Crippen LogP contribution in [0.2, 0.25) is 0 Å². The van der Waals surface area contributed by atoms with Crippen LogP contribution in [0.25, 0.3) is 0 Å². The number of hydrogen-bond acceptors (Lipinski definition) is 1. The predicted octanol–water partition coefficient (Wildman–Crippen LogP) is 2.12. The van der Waals surface area contributed by atoms with Gasteiger partial charge in [-0.05, 0) is 35.3 Å². The molecule has 1 nitrogen and oxygen atoms in total. The van der Waals surface area contributed by atoms with Crippen LogP contribution < -0.4 is 0 Å². The van der Waals surface area contributed by atoms with E-state index in [1.807, 2.05) is 0 Å². The van der Waals surface area contributed by atoms with Gasteiger partial charge in [-0.1, -0.05) is 30.3 Å². The Morgan fingerprint density at radius 1 is 1.43 bits per heavy atom. The van der Waals surface area contributed by atoms with Crippen molar-refractivity contribution in [1.29, 1.82) is 0 Å². The molecule has 0 heterocycles. The third-order valence-electron chi connectivity index (χ3n) is 3.74. The van der Waals surface area contributed by atoms with Crippen LogP contribution in [0.15, 0.2) is 36.9 Å². The molecule has 0 amide bonds. The summed E-state index contributed by atoms with van der Waals surface area (Å²) in [5.41, 5.74) is 2.94. The van der Waals surface area contributed by atoms with Crippen molar-refractivity contribution in [1.82, 2.24) is 0 Å². The molecular formula is C13H14O. The molecule has 1 N–H and O–H groups in total. The van der Waals surface area contributed by atoms with E-state index in [-0.39, 0.29) is 6.10 Å². The van der Waals surface area contributed by atoms with Gasteiger partial charge >= 0.3 is 0 Å². The summed E-state index contributed by atoms with van der Waals surface area (Å²) < 4.78 is 0. The van der Waals surface area contributed by atoms with E-state index >= 15 is 0 Å². The molecule has 1 aromatic rings. The molecular weight excluding hydrogens is 172 g/mol. The molecule has 0 radical (unpaired) electrons. The number of rotatable bonds is 2. The van der Waals surface area contributed by atoms with Crippen LogP contribution in [0.5, 0.6) is 0 Å². The van der Waals surface area contributed by atoms with Crippen molar-refractivity contribution in [2.24, 2.45) is 11.8 Å². The average Bonchev–Trinajstić information content (AvgIpc) is 2.81. The third-order valence-corrected chi connectivity index (χ3v) is 3.74. The standard InChI is InChI=1S/C13H14O/c1-2-11(14)13-10-7-8-5-3-4-6-9(8)12(10)13/h2-6,10-14H,1,7H2/t10-,11-,12-,13?/m0/s1. The second-order valence-corrected chi connectivity index (χ2v) is 4.40. The normalized spacial score (nSPS) is 34.5. The SMILES string of the molecule is C=C[C@H](O)C1[C@H]2Cc3ccccc3[C@H]12. The van der Waals surface area contributed by atoms with E-state index in [2.05, 4.69) is 30.8 Å². The van der Waals surface area contributed by atoms with Crippen LogP contribution in [0.4, 0.5) is 0 Å². The van der Waals surface area contributed by atoms with Gasteiger partial charge in [0.05, 0.1) is 6.10 Å². The number of aliphatic hydroxyl groups excluding tert-OH is 1. The molecule has 1 aromatic carbocycles. The third kappa shape index (κ3) is 0.934. The first-order chi connectivity index (χ1) is 6.83. The number of aliphatic hydroxyl groups is 1. The summed E-state index contributed by atoms with van der Waals surface area (Å²) in [4.78, 5) is 0. The Bertz CT molecular complexity index is 383. The van der Waals surface area contributed by atoms with Gasteiger partial charge in [0.2, 0.25) is 0 Å². The highest BCUT2D eigenvalue weighted by Crippen LogP contribution is 2.62. The van der Waals surface area contributed by atoms with Gasteiger partial charge in [0, 0.05) is 0 Å². The minimum atomic E-state index is -0.307. The van der Waals surface area contributed by atoms with Gasteiger partial charge in [-0.15, -0.1) is 6.58 Å². The summed E-state index contributed by atoms with van der Waals surface area (Å²) in [6.45, 7) is 3.66. The van der Waals surface area contributed by atoms with E-state index in [9.17, 15) is 5.11 Å². The van der Waals surface area contributed by atoms with E-state index in [4.69, 9.17) is 0 Å². The monoisotopic (exact) mass is 186 g/mol. The zero-order valence-electron chi connectivity index (χ0n) is 8.06. The molecule has 0 bridgehead atoms. The van der Waals surface area contributed by atoms with Crippen LogP contribution in [0, 0.1) is 11.8 Å². The minimum Gasteiger partial charge on any atom is -0.389 e. The Morgan fingerprint density at radius 3 is 3.00 bits per heavy atom. The van der Waals surface area contributed by atoms with E-state index in [1.165, 1.54) is 11.1 Å². The second-order valence-electron chi connectivity index (χ2n) is 4.40. The van der Waals surface area contributed by atoms with Crippen LogP contribution in [-0.2, 0) is 6.42 Å². The molecule has 0 aliphatic heterocycles. The molecule has 3 rings (SSSR count). The smallest absolute Gasteiger partial charge is 0.0755 e. The lowest BCUT2D eigenvalue weighted by molar-refractivity contribution is 0.190. The molecule has 1 fully saturated rings. The Morgan fingerprint density at radius 2 is 2.21 bits per heavy atom. The Balaban J connectivity index is 1.90. The second kappa shape index (κ2) is 2.71. The summed E-state index contributed by atoms with van der Waals surface area (Å²) >= 11 is 0. The fraction of sp³-hybridized carbons (Fsp3) is 0.385. The molecule has 1 heteroatoms. The fourth-order valence-corrected chi connectivity index (χ4v) is 3.02. The first-order valence-corrected chi connectivity index (χ1v) is 5.21. The molecule has 4 atom stereocenters. The molecule has 1 saturated carbocycles. The van der Waals surface area contributed by atoms with Crippen molar-refractivity contribution in [2.45, 2.75) is 18.4 Å². The van der Waals surface area contributed by atoms with Crippen molar-refractivity contribution in [3.63, 3.8) is 0 Å². The van der Waals surface area contributed by atoms with Crippen LogP contribution >= 0.6 is 0 Å². The van der Waals surface area contributed by atoms with Crippen molar-refractivity contribution in [3.05, 3.63) is 48.0 Å². The van der Waals surface area contributed by atoms with Gasteiger partial charge in [-0.3, -0.25) is 0 Å². The summed E-state index contributed by atoms with van der Waals surface area (Å²) in [6.07, 6.45) is 2.51. The van der Waals surface area contributed by atoms with Crippen molar-refractivity contribution >= 4 is 0 Å². The van der Waals surface area contributed by atoms with Crippen LogP contribution in [0.3, 0.4) is 0 Å². The summed E-state index contributed by atoms with van der Waals surface area (Å²) in [7, 11) is 0. The molecule has 2 aliphatic rings. The zero-order valence-corrected chi connectivity index (χ0v) is 8.06. The van der Waals surface area contributed by atoms with Gasteiger partial charge in [-0.25, -0.2) is 0 Å². The topological polar surface area (TPSA) is 20.2 Å². The van der Waals surface area contributed by atoms with Gasteiger partial charge < -0.3 is 5.11 Å². The zero-order chi connectivity index (χ0) is 9.71. The van der Waals surface area contributed by atoms with Crippen molar-refractivity contribution in [3.8, 4) is 0 Å². The van der Waals surface area contributed by atoms with Crippen molar-refractivity contribution < 1.29 is 5.11 Å². The first kappa shape index (κ1) is 8.25. The molecule has 1 unspecified atom stereocenters. The van der Waals surface area contributed by atoms with Gasteiger partial charge in [0.15, 0.2) is 0 Å². The maximum absolute atomic E-state index is 9.71. The maximum Gasteiger partial charge on any atom is 0.0755 e. The maximum atomic E-state index is 9.71. The quantitative estimate of drug-likeness (QED) is 0.701. The first-order valence-electron chi connectivity index (χ1n) is 5.21. The van der Waals surface area contributed by atoms with E-state index in [1.54, 1.807) is 6.08 Å². The molecule has 14 heavy (non-hydrogen) atoms. The van der Waals surface area contributed by atoms with E-state index < -0.39 is 0 Å². The number of fused-ring (bicyclic) bond motifs is 3. The predicted molar refractivity (Wildman–Crippen MR) is 56.1 cm³/mol. The number of benzene rings is 1. The Kier molecular flexibility index (Phi) is 1.59. The molecule has 0 aromatic heterocycles. The summed E-state index contributed by atoms with van der Waals surface area (Å²) in [5.74, 6) is 1.74. The van der Waals surface area contributed by atoms with Crippen LogP contribution in [-0.4, -0.2) is 11.2 Å². The highest BCUT2D eigenvalue weighted by molar-refractivity contribution is 5.44. The molecule has 72 valence electrons. The summed E-state index contributed by atoms with van der Waals surface area (Å²) in [6, 6.07) is 8.61. The summed E-state index contributed by atoms with van der Waals surface area (Å²) in [5, 5.41) is 9.71. The van der Waals surface area contributed by atoms with E-state index in [0.717, 1.165) is 6.42 Å². The lowest BCUT2D eigenvalue weighted by Gasteiger charge is -2.09. The fourth-order valence-electron chi connectivity index (χ4n) is 3.02. The van der Waals surface area contributed by atoms with Gasteiger partial charge in [0.25, 0.3) is 0 Å². The minimum absolute atomic E-state index is 0.307. The van der Waals surface area contributed by atoms with Crippen LogP contribution in [0.1, 0.15) is 17.0 Å². The lowest BCUT2D eigenvalue weighted by atomic mass is 10.00. The lowest BCUT2D eigenvalue weighted by Crippen LogP contribution is -2.09. The average molecular weight is 186 g/mol. The van der Waals surface area contributed by atoms with Crippen molar-refractivity contribution in [2.75, 3.05) is 0 Å². The Hall–Kier alpha value is -1.08. The largest absolute Gasteiger partial charge is 0.389 e. The van der Waals surface area contributed by atoms with Gasteiger partial charge in [0.1, 0.15) is 0 Å². The van der Waals surface area contributed by atoms with Gasteiger partial charge in [-0.2, -0.15) is 0 Å². The van der Waals surface area contributed by atoms with E-state index in [0.29, 0.717) is 17.8 Å². The number of hydrogen-bond donors (Lipinski definition) is 1. The Labute approximate surface area is 84.1 Å². The molecule has 0 saturated heterocycles. The highest BCUT2D eigenvalue weighted by atomic mass is 16.3.